The Morgan fingerprint density at radius 2 is 1.87 bits per heavy atom. The third-order valence-corrected chi connectivity index (χ3v) is 5.26. The minimum absolute atomic E-state index is 0.455. The monoisotopic (exact) mass is 318 g/mol. The highest BCUT2D eigenvalue weighted by Gasteiger charge is 2.27. The van der Waals surface area contributed by atoms with Crippen molar-refractivity contribution < 1.29 is 9.47 Å². The minimum atomic E-state index is 0.455. The Morgan fingerprint density at radius 1 is 1.09 bits per heavy atom. The van der Waals surface area contributed by atoms with Crippen LogP contribution in [0, 0.1) is 0 Å². The molecule has 1 N–H and O–H groups in total. The Morgan fingerprint density at radius 3 is 2.57 bits per heavy atom. The van der Waals surface area contributed by atoms with Crippen molar-refractivity contribution in [2.75, 3.05) is 40.4 Å². The second-order valence-electron chi connectivity index (χ2n) is 6.67. The highest BCUT2D eigenvalue weighted by atomic mass is 16.5. The van der Waals surface area contributed by atoms with E-state index in [9.17, 15) is 0 Å². The van der Waals surface area contributed by atoms with E-state index in [0.29, 0.717) is 6.04 Å². The molecule has 1 unspecified atom stereocenters. The Labute approximate surface area is 140 Å². The van der Waals surface area contributed by atoms with E-state index < -0.39 is 0 Å². The number of hydrogen-bond acceptors (Lipinski definition) is 4. The van der Waals surface area contributed by atoms with Crippen molar-refractivity contribution >= 4 is 0 Å². The van der Waals surface area contributed by atoms with Gasteiger partial charge in [-0.25, -0.2) is 0 Å². The van der Waals surface area contributed by atoms with Gasteiger partial charge in [-0.1, -0.05) is 18.9 Å². The van der Waals surface area contributed by atoms with Crippen LogP contribution in [0.4, 0.5) is 0 Å². The van der Waals surface area contributed by atoms with Gasteiger partial charge in [0.15, 0.2) is 11.5 Å². The summed E-state index contributed by atoms with van der Waals surface area (Å²) in [6, 6.07) is 4.69. The normalized spacial score (nSPS) is 21.7. The van der Waals surface area contributed by atoms with E-state index >= 15 is 0 Å². The molecule has 3 rings (SSSR count). The third-order valence-electron chi connectivity index (χ3n) is 5.26. The van der Waals surface area contributed by atoms with Crippen molar-refractivity contribution in [3.05, 3.63) is 23.3 Å². The van der Waals surface area contributed by atoms with Gasteiger partial charge in [0.1, 0.15) is 0 Å². The van der Waals surface area contributed by atoms with E-state index in [0.717, 1.165) is 30.9 Å². The molecule has 0 radical (unpaired) electrons. The number of rotatable bonds is 6. The first-order chi connectivity index (χ1) is 11.3. The molecule has 0 spiro atoms. The lowest BCUT2D eigenvalue weighted by atomic mass is 10.1. The van der Waals surface area contributed by atoms with E-state index in [1.165, 1.54) is 56.4 Å². The molecule has 1 saturated heterocycles. The lowest BCUT2D eigenvalue weighted by Gasteiger charge is -2.22. The zero-order chi connectivity index (χ0) is 16.1. The predicted molar refractivity (Wildman–Crippen MR) is 93.5 cm³/mol. The van der Waals surface area contributed by atoms with Gasteiger partial charge in [-0.15, -0.1) is 0 Å². The van der Waals surface area contributed by atoms with Gasteiger partial charge in [0.2, 0.25) is 0 Å². The van der Waals surface area contributed by atoms with E-state index in [1.54, 1.807) is 14.2 Å². The van der Waals surface area contributed by atoms with Crippen LogP contribution in [0.15, 0.2) is 12.1 Å². The summed E-state index contributed by atoms with van der Waals surface area (Å²) in [7, 11) is 3.44. The molecule has 1 heterocycles. The molecule has 1 aromatic rings. The van der Waals surface area contributed by atoms with E-state index in [1.807, 2.05) is 6.07 Å². The third kappa shape index (κ3) is 3.81. The number of nitrogens with one attached hydrogen (secondary N) is 1. The summed E-state index contributed by atoms with van der Waals surface area (Å²) in [6.07, 6.45) is 7.76. The second-order valence-corrected chi connectivity index (χ2v) is 6.67. The van der Waals surface area contributed by atoms with Gasteiger partial charge in [0.25, 0.3) is 0 Å². The van der Waals surface area contributed by atoms with Gasteiger partial charge in [-0.3, -0.25) is 0 Å². The summed E-state index contributed by atoms with van der Waals surface area (Å²) in [5, 5.41) is 3.76. The van der Waals surface area contributed by atoms with Gasteiger partial charge in [-0.2, -0.15) is 0 Å². The molecule has 1 aliphatic carbocycles. The van der Waals surface area contributed by atoms with Crippen LogP contribution in [0.3, 0.4) is 0 Å². The molecule has 4 heteroatoms. The lowest BCUT2D eigenvalue weighted by Crippen LogP contribution is -2.34. The maximum atomic E-state index is 5.58. The number of likely N-dealkylation sites (tertiary alicyclic amines) is 1. The molecule has 0 saturated carbocycles. The van der Waals surface area contributed by atoms with Gasteiger partial charge in [0, 0.05) is 24.7 Å². The fraction of sp³-hybridized carbons (Fsp3) is 0.684. The zero-order valence-electron chi connectivity index (χ0n) is 14.6. The maximum absolute atomic E-state index is 5.58. The summed E-state index contributed by atoms with van der Waals surface area (Å²) in [5.41, 5.74) is 2.71. The molecule has 1 aromatic carbocycles. The van der Waals surface area contributed by atoms with Gasteiger partial charge >= 0.3 is 0 Å². The Bertz CT molecular complexity index is 510. The van der Waals surface area contributed by atoms with Gasteiger partial charge in [0.05, 0.1) is 14.2 Å². The maximum Gasteiger partial charge on any atom is 0.164 e. The van der Waals surface area contributed by atoms with Gasteiger partial charge < -0.3 is 19.7 Å². The number of benzene rings is 1. The Hall–Kier alpha value is -1.26. The first-order valence-electron chi connectivity index (χ1n) is 9.03. The molecule has 0 aromatic heterocycles. The molecule has 0 amide bonds. The number of ether oxygens (including phenoxy) is 2. The van der Waals surface area contributed by atoms with Crippen LogP contribution in [0.25, 0.3) is 0 Å². The molecular weight excluding hydrogens is 288 g/mol. The highest BCUT2D eigenvalue weighted by molar-refractivity contribution is 5.53. The topological polar surface area (TPSA) is 33.7 Å². The molecular formula is C19H30N2O2. The van der Waals surface area contributed by atoms with Crippen LogP contribution in [0.5, 0.6) is 11.5 Å². The molecule has 128 valence electrons. The summed E-state index contributed by atoms with van der Waals surface area (Å²) in [4.78, 5) is 2.62. The largest absolute Gasteiger partial charge is 0.493 e. The molecule has 1 fully saturated rings. The average Bonchev–Trinajstić information content (AvgIpc) is 2.81. The zero-order valence-corrected chi connectivity index (χ0v) is 14.6. The SMILES string of the molecule is COc1ccc2c(c1OC)CCC2NCCN1CCCCCC1. The number of fused-ring (bicyclic) bond motifs is 1. The van der Waals surface area contributed by atoms with Crippen molar-refractivity contribution in [2.45, 2.75) is 44.6 Å². The van der Waals surface area contributed by atoms with Crippen LogP contribution in [-0.4, -0.2) is 45.3 Å². The summed E-state index contributed by atoms with van der Waals surface area (Å²) in [5.74, 6) is 1.76. The van der Waals surface area contributed by atoms with Crippen LogP contribution >= 0.6 is 0 Å². The minimum Gasteiger partial charge on any atom is -0.493 e. The van der Waals surface area contributed by atoms with Crippen molar-refractivity contribution in [2.24, 2.45) is 0 Å². The van der Waals surface area contributed by atoms with E-state index in [2.05, 4.69) is 16.3 Å². The van der Waals surface area contributed by atoms with Crippen molar-refractivity contribution in [1.29, 1.82) is 0 Å². The highest BCUT2D eigenvalue weighted by Crippen LogP contribution is 2.42. The molecule has 4 nitrogen and oxygen atoms in total. The summed E-state index contributed by atoms with van der Waals surface area (Å²) in [6.45, 7) is 4.78. The summed E-state index contributed by atoms with van der Waals surface area (Å²) >= 11 is 0. The van der Waals surface area contributed by atoms with E-state index in [4.69, 9.17) is 9.47 Å². The molecule has 23 heavy (non-hydrogen) atoms. The van der Waals surface area contributed by atoms with Gasteiger partial charge in [-0.05, 0) is 50.4 Å². The number of hydrogen-bond donors (Lipinski definition) is 1. The van der Waals surface area contributed by atoms with Crippen molar-refractivity contribution in [1.82, 2.24) is 10.2 Å². The van der Waals surface area contributed by atoms with E-state index in [-0.39, 0.29) is 0 Å². The standard InChI is InChI=1S/C19H30N2O2/c1-22-18-10-8-15-16(19(18)23-2)7-9-17(15)20-11-14-21-12-5-3-4-6-13-21/h8,10,17,20H,3-7,9,11-14H2,1-2H3. The average molecular weight is 318 g/mol. The second kappa shape index (κ2) is 8.02. The number of methoxy groups -OCH3 is 2. The van der Waals surface area contributed by atoms with Crippen LogP contribution in [0.2, 0.25) is 0 Å². The quantitative estimate of drug-likeness (QED) is 0.873. The van der Waals surface area contributed by atoms with Crippen LogP contribution in [-0.2, 0) is 6.42 Å². The predicted octanol–water partition coefficient (Wildman–Crippen LogP) is 3.16. The number of nitrogens with zero attached hydrogens (tertiary/aromatic N) is 1. The molecule has 1 atom stereocenters. The fourth-order valence-corrected chi connectivity index (χ4v) is 4.00. The first-order valence-corrected chi connectivity index (χ1v) is 9.03. The molecule has 2 aliphatic rings. The van der Waals surface area contributed by atoms with Crippen molar-refractivity contribution in [3.8, 4) is 11.5 Å². The molecule has 1 aliphatic heterocycles. The molecule has 0 bridgehead atoms. The fourth-order valence-electron chi connectivity index (χ4n) is 4.00. The summed E-state index contributed by atoms with van der Waals surface area (Å²) < 4.78 is 11.0. The Kier molecular flexibility index (Phi) is 5.79. The first kappa shape index (κ1) is 16.6. The Balaban J connectivity index is 1.57. The van der Waals surface area contributed by atoms with Crippen molar-refractivity contribution in [3.63, 3.8) is 0 Å². The van der Waals surface area contributed by atoms with Crippen LogP contribution in [0.1, 0.15) is 49.3 Å². The lowest BCUT2D eigenvalue weighted by molar-refractivity contribution is 0.279. The van der Waals surface area contributed by atoms with Crippen LogP contribution < -0.4 is 14.8 Å². The smallest absolute Gasteiger partial charge is 0.164 e.